The maximum atomic E-state index is 12.9. The number of ether oxygens (including phenoxy) is 1. The smallest absolute Gasteiger partial charge is 0.251 e. The summed E-state index contributed by atoms with van der Waals surface area (Å²) >= 11 is 0. The van der Waals surface area contributed by atoms with E-state index < -0.39 is 11.6 Å². The minimum Gasteiger partial charge on any atom is -0.460 e. The van der Waals surface area contributed by atoms with Crippen molar-refractivity contribution in [2.45, 2.75) is 51.3 Å². The molecule has 0 aromatic heterocycles. The summed E-state index contributed by atoms with van der Waals surface area (Å²) in [7, 11) is 1.72. The highest BCUT2D eigenvalue weighted by molar-refractivity contribution is 6.07. The second kappa shape index (κ2) is 8.93. The third kappa shape index (κ3) is 5.32. The third-order valence-corrected chi connectivity index (χ3v) is 5.25. The zero-order chi connectivity index (χ0) is 22.8. The Bertz CT molecular complexity index is 932. The van der Waals surface area contributed by atoms with Gasteiger partial charge in [0.05, 0.1) is 12.1 Å². The monoisotopic (exact) mass is 426 g/mol. The molecule has 1 fully saturated rings. The van der Waals surface area contributed by atoms with Crippen LogP contribution in [0.1, 0.15) is 32.8 Å². The Kier molecular flexibility index (Phi) is 6.50. The van der Waals surface area contributed by atoms with E-state index in [4.69, 9.17) is 10.1 Å². The SMILES string of the molecule is CN/C=C\C(=N)N1C(=O)[C@@H](N2CC(Oc3cccc(CC(C)(C)O)c3)=CC2=O)CC1C. The van der Waals surface area contributed by atoms with Crippen molar-refractivity contribution in [3.05, 3.63) is 53.9 Å². The molecule has 0 radical (unpaired) electrons. The Balaban J connectivity index is 1.67. The number of rotatable bonds is 7. The zero-order valence-electron chi connectivity index (χ0n) is 18.4. The number of hydrogen-bond donors (Lipinski definition) is 3. The van der Waals surface area contributed by atoms with E-state index in [0.717, 1.165) is 5.56 Å². The summed E-state index contributed by atoms with van der Waals surface area (Å²) in [6.45, 7) is 5.56. The molecule has 0 bridgehead atoms. The third-order valence-electron chi connectivity index (χ3n) is 5.25. The molecule has 2 aliphatic rings. The van der Waals surface area contributed by atoms with E-state index in [1.54, 1.807) is 33.2 Å². The fourth-order valence-corrected chi connectivity index (χ4v) is 3.97. The number of amidine groups is 1. The molecule has 2 amide bonds. The van der Waals surface area contributed by atoms with Gasteiger partial charge in [0.2, 0.25) is 0 Å². The van der Waals surface area contributed by atoms with E-state index in [2.05, 4.69) is 5.32 Å². The molecular weight excluding hydrogens is 396 g/mol. The molecule has 1 aromatic rings. The molecule has 3 rings (SSSR count). The largest absolute Gasteiger partial charge is 0.460 e. The molecule has 0 saturated carbocycles. The highest BCUT2D eigenvalue weighted by Crippen LogP contribution is 2.28. The van der Waals surface area contributed by atoms with Crippen LogP contribution in [-0.2, 0) is 16.0 Å². The first kappa shape index (κ1) is 22.6. The van der Waals surface area contributed by atoms with Crippen molar-refractivity contribution in [3.8, 4) is 5.75 Å². The van der Waals surface area contributed by atoms with Gasteiger partial charge in [-0.2, -0.15) is 0 Å². The molecule has 2 heterocycles. The molecule has 2 atom stereocenters. The van der Waals surface area contributed by atoms with Gasteiger partial charge in [-0.05, 0) is 57.2 Å². The molecule has 8 heteroatoms. The van der Waals surface area contributed by atoms with Crippen molar-refractivity contribution in [1.29, 1.82) is 5.41 Å². The molecule has 31 heavy (non-hydrogen) atoms. The number of nitrogens with one attached hydrogen (secondary N) is 2. The minimum absolute atomic E-state index is 0.0917. The number of carbonyl (C=O) groups is 2. The molecule has 0 aliphatic carbocycles. The Labute approximate surface area is 182 Å². The van der Waals surface area contributed by atoms with E-state index in [1.165, 1.54) is 22.0 Å². The van der Waals surface area contributed by atoms with E-state index in [1.807, 2.05) is 25.1 Å². The summed E-state index contributed by atoms with van der Waals surface area (Å²) in [6, 6.07) is 6.59. The standard InChI is InChI=1S/C23H30N4O4/c1-15-10-19(22(29)27(15)20(24)8-9-25-4)26-14-18(12-21(26)28)31-17-7-5-6-16(11-17)13-23(2,3)30/h5-9,11-12,15,19,24-25,30H,10,13-14H2,1-4H3/b9-8-,24-20?/t15?,19-/m0/s1. The van der Waals surface area contributed by atoms with Gasteiger partial charge in [-0.25, -0.2) is 0 Å². The zero-order valence-corrected chi connectivity index (χ0v) is 18.4. The van der Waals surface area contributed by atoms with Gasteiger partial charge in [0.1, 0.15) is 23.4 Å². The van der Waals surface area contributed by atoms with Crippen LogP contribution in [0.25, 0.3) is 0 Å². The second-order valence-electron chi connectivity index (χ2n) is 8.63. The summed E-state index contributed by atoms with van der Waals surface area (Å²) in [5.41, 5.74) is 0.0924. The van der Waals surface area contributed by atoms with Crippen LogP contribution < -0.4 is 10.1 Å². The predicted octanol–water partition coefficient (Wildman–Crippen LogP) is 1.80. The Hall–Kier alpha value is -3.13. The molecule has 1 aromatic carbocycles. The maximum absolute atomic E-state index is 12.9. The number of likely N-dealkylation sites (tertiary alicyclic amines) is 1. The van der Waals surface area contributed by atoms with Gasteiger partial charge in [-0.3, -0.25) is 19.9 Å². The van der Waals surface area contributed by atoms with Gasteiger partial charge in [0.25, 0.3) is 11.8 Å². The highest BCUT2D eigenvalue weighted by atomic mass is 16.5. The van der Waals surface area contributed by atoms with E-state index >= 15 is 0 Å². The number of carbonyl (C=O) groups excluding carboxylic acids is 2. The van der Waals surface area contributed by atoms with Crippen LogP contribution in [0.15, 0.2) is 48.4 Å². The van der Waals surface area contributed by atoms with Crippen molar-refractivity contribution >= 4 is 17.6 Å². The number of nitrogens with zero attached hydrogens (tertiary/aromatic N) is 2. The first-order valence-corrected chi connectivity index (χ1v) is 10.3. The van der Waals surface area contributed by atoms with Crippen molar-refractivity contribution in [2.75, 3.05) is 13.6 Å². The number of benzene rings is 1. The van der Waals surface area contributed by atoms with Crippen molar-refractivity contribution in [1.82, 2.24) is 15.1 Å². The number of aliphatic hydroxyl groups is 1. The van der Waals surface area contributed by atoms with Gasteiger partial charge in [-0.15, -0.1) is 0 Å². The van der Waals surface area contributed by atoms with Crippen LogP contribution in [-0.4, -0.2) is 63.8 Å². The minimum atomic E-state index is -0.834. The Morgan fingerprint density at radius 1 is 1.39 bits per heavy atom. The molecule has 8 nitrogen and oxygen atoms in total. The van der Waals surface area contributed by atoms with E-state index in [-0.39, 0.29) is 30.2 Å². The van der Waals surface area contributed by atoms with Crippen LogP contribution in [0.2, 0.25) is 0 Å². The number of amides is 2. The first-order valence-electron chi connectivity index (χ1n) is 10.3. The van der Waals surface area contributed by atoms with Crippen molar-refractivity contribution in [2.24, 2.45) is 0 Å². The lowest BCUT2D eigenvalue weighted by atomic mass is 9.99. The summed E-state index contributed by atoms with van der Waals surface area (Å²) in [4.78, 5) is 28.5. The van der Waals surface area contributed by atoms with E-state index in [9.17, 15) is 14.7 Å². The average molecular weight is 427 g/mol. The summed E-state index contributed by atoms with van der Waals surface area (Å²) < 4.78 is 5.91. The lowest BCUT2D eigenvalue weighted by molar-refractivity contribution is -0.136. The lowest BCUT2D eigenvalue weighted by Crippen LogP contribution is -2.44. The normalized spacial score (nSPS) is 21.8. The molecule has 2 aliphatic heterocycles. The Morgan fingerprint density at radius 2 is 2.13 bits per heavy atom. The second-order valence-corrected chi connectivity index (χ2v) is 8.63. The molecule has 1 unspecified atom stereocenters. The predicted molar refractivity (Wildman–Crippen MR) is 118 cm³/mol. The van der Waals surface area contributed by atoms with Crippen molar-refractivity contribution in [3.63, 3.8) is 0 Å². The quantitative estimate of drug-likeness (QED) is 0.455. The van der Waals surface area contributed by atoms with Gasteiger partial charge >= 0.3 is 0 Å². The van der Waals surface area contributed by atoms with Gasteiger partial charge < -0.3 is 20.1 Å². The van der Waals surface area contributed by atoms with Crippen LogP contribution in [0.5, 0.6) is 5.75 Å². The fourth-order valence-electron chi connectivity index (χ4n) is 3.97. The van der Waals surface area contributed by atoms with Crippen LogP contribution >= 0.6 is 0 Å². The van der Waals surface area contributed by atoms with E-state index in [0.29, 0.717) is 24.4 Å². The lowest BCUT2D eigenvalue weighted by Gasteiger charge is -2.23. The average Bonchev–Trinajstić information content (AvgIpc) is 3.17. The first-order chi connectivity index (χ1) is 14.6. The topological polar surface area (TPSA) is 106 Å². The molecular formula is C23H30N4O4. The van der Waals surface area contributed by atoms with Gasteiger partial charge in [0, 0.05) is 25.6 Å². The van der Waals surface area contributed by atoms with Crippen LogP contribution in [0, 0.1) is 5.41 Å². The van der Waals surface area contributed by atoms with Crippen LogP contribution in [0.4, 0.5) is 0 Å². The van der Waals surface area contributed by atoms with Crippen molar-refractivity contribution < 1.29 is 19.4 Å². The Morgan fingerprint density at radius 3 is 2.81 bits per heavy atom. The number of hydrogen-bond acceptors (Lipinski definition) is 6. The van der Waals surface area contributed by atoms with Gasteiger partial charge in [-0.1, -0.05) is 12.1 Å². The molecule has 166 valence electrons. The maximum Gasteiger partial charge on any atom is 0.251 e. The summed E-state index contributed by atoms with van der Waals surface area (Å²) in [6.07, 6.45) is 5.47. The summed E-state index contributed by atoms with van der Waals surface area (Å²) in [5.74, 6) is 0.610. The van der Waals surface area contributed by atoms with Crippen LogP contribution in [0.3, 0.4) is 0 Å². The van der Waals surface area contributed by atoms with Gasteiger partial charge in [0.15, 0.2) is 0 Å². The summed E-state index contributed by atoms with van der Waals surface area (Å²) in [5, 5.41) is 21.0. The molecule has 3 N–H and O–H groups in total. The highest BCUT2D eigenvalue weighted by Gasteiger charge is 2.45. The molecule has 1 saturated heterocycles. The molecule has 0 spiro atoms. The fraction of sp³-hybridized carbons (Fsp3) is 0.435.